The molecule has 0 spiro atoms. The van der Waals surface area contributed by atoms with Gasteiger partial charge in [-0.2, -0.15) is 13.2 Å². The van der Waals surface area contributed by atoms with E-state index in [-0.39, 0.29) is 6.54 Å². The third-order valence-electron chi connectivity index (χ3n) is 5.20. The monoisotopic (exact) mass is 369 g/mol. The third-order valence-corrected chi connectivity index (χ3v) is 5.20. The molecular weight excluding hydrogens is 347 g/mol. The van der Waals surface area contributed by atoms with Crippen LogP contribution >= 0.6 is 0 Å². The van der Waals surface area contributed by atoms with Gasteiger partial charge in [0.25, 0.3) is 0 Å². The normalized spacial score (nSPS) is 19.2. The van der Waals surface area contributed by atoms with Gasteiger partial charge in [0.1, 0.15) is 6.54 Å². The molecule has 3 rings (SSSR count). The van der Waals surface area contributed by atoms with Crippen LogP contribution in [0, 0.1) is 5.92 Å². The van der Waals surface area contributed by atoms with Crippen LogP contribution in [0.1, 0.15) is 49.7 Å². The van der Waals surface area contributed by atoms with Crippen molar-refractivity contribution in [2.75, 3.05) is 13.2 Å². The van der Waals surface area contributed by atoms with E-state index >= 15 is 0 Å². The van der Waals surface area contributed by atoms with Crippen molar-refractivity contribution in [3.63, 3.8) is 0 Å². The summed E-state index contributed by atoms with van der Waals surface area (Å²) in [5.41, 5.74) is -1.43. The minimum atomic E-state index is -4.46. The smallest absolute Gasteiger partial charge is 0.416 e. The predicted octanol–water partition coefficient (Wildman–Crippen LogP) is 3.59. The molecule has 2 aliphatic carbocycles. The summed E-state index contributed by atoms with van der Waals surface area (Å²) in [6.07, 6.45) is 0.107. The Hall–Kier alpha value is -2.05. The zero-order valence-corrected chi connectivity index (χ0v) is 14.4. The molecule has 0 atom stereocenters. The second kappa shape index (κ2) is 7.29. The number of hydrogen-bond acceptors (Lipinski definition) is 3. The number of esters is 1. The number of carbonyl (C=O) groups excluding carboxylic acids is 2. The van der Waals surface area contributed by atoms with E-state index in [0.29, 0.717) is 30.9 Å². The molecule has 0 saturated heterocycles. The molecule has 2 fully saturated rings. The van der Waals surface area contributed by atoms with Crippen LogP contribution in [0.2, 0.25) is 0 Å². The maximum atomic E-state index is 13.0. The van der Waals surface area contributed by atoms with Gasteiger partial charge in [0.15, 0.2) is 0 Å². The molecule has 26 heavy (non-hydrogen) atoms. The molecule has 7 heteroatoms. The van der Waals surface area contributed by atoms with Crippen molar-refractivity contribution >= 4 is 11.9 Å². The predicted molar refractivity (Wildman–Crippen MR) is 88.3 cm³/mol. The van der Waals surface area contributed by atoms with Crippen molar-refractivity contribution in [3.05, 3.63) is 35.4 Å². The van der Waals surface area contributed by atoms with E-state index in [0.717, 1.165) is 37.8 Å². The van der Waals surface area contributed by atoms with E-state index in [4.69, 9.17) is 4.74 Å². The van der Waals surface area contributed by atoms with E-state index in [1.165, 1.54) is 6.07 Å². The molecule has 1 aromatic rings. The molecule has 0 radical (unpaired) electrons. The van der Waals surface area contributed by atoms with Crippen LogP contribution in [0.5, 0.6) is 0 Å². The molecule has 2 aliphatic rings. The Bertz CT molecular complexity index is 677. The zero-order chi connectivity index (χ0) is 18.8. The highest BCUT2D eigenvalue weighted by Gasteiger charge is 2.44. The van der Waals surface area contributed by atoms with Crippen LogP contribution in [0.3, 0.4) is 0 Å². The average Bonchev–Trinajstić information content (AvgIpc) is 3.31. The van der Waals surface area contributed by atoms with Crippen molar-refractivity contribution < 1.29 is 27.5 Å². The molecule has 142 valence electrons. The number of ether oxygens (including phenoxy) is 1. The van der Waals surface area contributed by atoms with Gasteiger partial charge in [-0.25, -0.2) is 0 Å². The van der Waals surface area contributed by atoms with Crippen molar-refractivity contribution in [3.8, 4) is 0 Å². The first-order valence-electron chi connectivity index (χ1n) is 8.93. The molecule has 0 heterocycles. The molecule has 2 saturated carbocycles. The Labute approximate surface area is 150 Å². The molecule has 1 aromatic carbocycles. The molecule has 0 aliphatic heterocycles. The summed E-state index contributed by atoms with van der Waals surface area (Å²) >= 11 is 0. The summed E-state index contributed by atoms with van der Waals surface area (Å²) in [4.78, 5) is 24.5. The van der Waals surface area contributed by atoms with Gasteiger partial charge in [0.05, 0.1) is 17.6 Å². The third kappa shape index (κ3) is 4.19. The first kappa shape index (κ1) is 18.7. The van der Waals surface area contributed by atoms with E-state index in [1.54, 1.807) is 6.07 Å². The molecule has 1 amide bonds. The molecule has 1 N–H and O–H groups in total. The number of alkyl halides is 3. The molecule has 0 bridgehead atoms. The van der Waals surface area contributed by atoms with Crippen LogP contribution in [0.4, 0.5) is 13.2 Å². The Morgan fingerprint density at radius 2 is 1.88 bits per heavy atom. The van der Waals surface area contributed by atoms with Gasteiger partial charge in [0, 0.05) is 0 Å². The number of amides is 1. The van der Waals surface area contributed by atoms with Gasteiger partial charge in [-0.15, -0.1) is 0 Å². The maximum Gasteiger partial charge on any atom is 0.416 e. The molecule has 0 aromatic heterocycles. The average molecular weight is 369 g/mol. The lowest BCUT2D eigenvalue weighted by atomic mass is 9.77. The van der Waals surface area contributed by atoms with Gasteiger partial charge in [-0.3, -0.25) is 9.59 Å². The fourth-order valence-electron chi connectivity index (χ4n) is 3.49. The van der Waals surface area contributed by atoms with E-state index < -0.39 is 29.0 Å². The number of carbonyl (C=O) groups is 2. The summed E-state index contributed by atoms with van der Waals surface area (Å²) < 4.78 is 44.2. The van der Waals surface area contributed by atoms with Crippen LogP contribution in [-0.2, 0) is 25.9 Å². The van der Waals surface area contributed by atoms with Crippen LogP contribution in [0.15, 0.2) is 24.3 Å². The Kier molecular flexibility index (Phi) is 5.25. The summed E-state index contributed by atoms with van der Waals surface area (Å²) in [5, 5.41) is 2.57. The maximum absolute atomic E-state index is 13.0. The molecular formula is C19H22F3NO3. The van der Waals surface area contributed by atoms with Gasteiger partial charge in [-0.1, -0.05) is 31.0 Å². The number of hydrogen-bond donors (Lipinski definition) is 1. The first-order chi connectivity index (χ1) is 12.3. The van der Waals surface area contributed by atoms with Crippen molar-refractivity contribution in [1.29, 1.82) is 0 Å². The van der Waals surface area contributed by atoms with Crippen molar-refractivity contribution in [2.24, 2.45) is 5.92 Å². The number of nitrogens with one attached hydrogen (secondary N) is 1. The second-order valence-electron chi connectivity index (χ2n) is 7.18. The Morgan fingerprint density at radius 3 is 2.50 bits per heavy atom. The molecule has 0 unspecified atom stereocenters. The largest absolute Gasteiger partial charge is 0.464 e. The molecule has 4 nitrogen and oxygen atoms in total. The zero-order valence-electron chi connectivity index (χ0n) is 14.4. The van der Waals surface area contributed by atoms with Crippen LogP contribution in [-0.4, -0.2) is 25.0 Å². The standard InChI is InChI=1S/C19H22F3NO3/c20-19(21,22)15-5-3-4-14(10-15)18(8-1-2-9-18)17(25)23-11-16(24)26-12-13-6-7-13/h3-5,10,13H,1-2,6-9,11-12H2,(H,23,25). The summed E-state index contributed by atoms with van der Waals surface area (Å²) in [6.45, 7) is 0.111. The Balaban J connectivity index is 1.70. The van der Waals surface area contributed by atoms with Gasteiger partial charge >= 0.3 is 12.1 Å². The van der Waals surface area contributed by atoms with Crippen molar-refractivity contribution in [1.82, 2.24) is 5.32 Å². The summed E-state index contributed by atoms with van der Waals surface area (Å²) in [6, 6.07) is 4.94. The van der Waals surface area contributed by atoms with Gasteiger partial charge in [0.2, 0.25) is 5.91 Å². The summed E-state index contributed by atoms with van der Waals surface area (Å²) in [5.74, 6) is -0.485. The number of rotatable bonds is 6. The van der Waals surface area contributed by atoms with E-state index in [9.17, 15) is 22.8 Å². The number of benzene rings is 1. The van der Waals surface area contributed by atoms with E-state index in [1.807, 2.05) is 0 Å². The summed E-state index contributed by atoms with van der Waals surface area (Å²) in [7, 11) is 0. The van der Waals surface area contributed by atoms with Crippen molar-refractivity contribution in [2.45, 2.75) is 50.1 Å². The lowest BCUT2D eigenvalue weighted by Crippen LogP contribution is -2.44. The second-order valence-corrected chi connectivity index (χ2v) is 7.18. The first-order valence-corrected chi connectivity index (χ1v) is 8.93. The quantitative estimate of drug-likeness (QED) is 0.780. The number of halogens is 3. The highest BCUT2D eigenvalue weighted by Crippen LogP contribution is 2.43. The minimum Gasteiger partial charge on any atom is -0.464 e. The lowest BCUT2D eigenvalue weighted by Gasteiger charge is -2.28. The van der Waals surface area contributed by atoms with Gasteiger partial charge < -0.3 is 10.1 Å². The van der Waals surface area contributed by atoms with E-state index in [2.05, 4.69) is 5.32 Å². The lowest BCUT2D eigenvalue weighted by molar-refractivity contribution is -0.145. The highest BCUT2D eigenvalue weighted by atomic mass is 19.4. The minimum absolute atomic E-state index is 0.258. The van der Waals surface area contributed by atoms with Gasteiger partial charge in [-0.05, 0) is 43.2 Å². The Morgan fingerprint density at radius 1 is 1.19 bits per heavy atom. The van der Waals surface area contributed by atoms with Crippen LogP contribution < -0.4 is 5.32 Å². The topological polar surface area (TPSA) is 55.4 Å². The van der Waals surface area contributed by atoms with Crippen LogP contribution in [0.25, 0.3) is 0 Å². The fourth-order valence-corrected chi connectivity index (χ4v) is 3.49. The highest BCUT2D eigenvalue weighted by molar-refractivity contribution is 5.91. The fraction of sp³-hybridized carbons (Fsp3) is 0.579. The SMILES string of the molecule is O=C(CNC(=O)C1(c2cccc(C(F)(F)F)c2)CCCC1)OCC1CC1.